The maximum atomic E-state index is 12.3. The van der Waals surface area contributed by atoms with Crippen molar-refractivity contribution in [3.8, 4) is 11.5 Å². The van der Waals surface area contributed by atoms with Crippen molar-refractivity contribution in [3.05, 3.63) is 104 Å². The van der Waals surface area contributed by atoms with E-state index in [0.717, 1.165) is 23.8 Å². The lowest BCUT2D eigenvalue weighted by Gasteiger charge is -2.08. The molecule has 9 heteroatoms. The Bertz CT molecular complexity index is 1070. The largest absolute Gasteiger partial charge is 0.457 e. The highest BCUT2D eigenvalue weighted by Crippen LogP contribution is 2.34. The minimum absolute atomic E-state index is 0.0958. The van der Waals surface area contributed by atoms with Gasteiger partial charge in [-0.25, -0.2) is 4.79 Å². The molecule has 3 aromatic carbocycles. The van der Waals surface area contributed by atoms with E-state index >= 15 is 0 Å². The van der Waals surface area contributed by atoms with Crippen LogP contribution in [0.2, 0.25) is 0 Å². The molecule has 0 aromatic heterocycles. The van der Waals surface area contributed by atoms with Crippen molar-refractivity contribution in [1.29, 1.82) is 0 Å². The molecule has 0 saturated carbocycles. The standard InChI is InChI=1S/C20H14N2O7/c23-20(28-13-14-5-2-1-3-6-14)15-7-4-8-17(11-15)29-19-10-9-16(21(24)25)12-18(19)22(26)27/h1-12H,13H2. The Hall–Kier alpha value is -4.27. The summed E-state index contributed by atoms with van der Waals surface area (Å²) in [5.41, 5.74) is 0.0382. The zero-order valence-corrected chi connectivity index (χ0v) is 14.9. The number of carbonyl (C=O) groups is 1. The SMILES string of the molecule is O=C(OCc1ccccc1)c1cccc(Oc2ccc([N+](=O)[O-])cc2[N+](=O)[O-])c1. The molecule has 29 heavy (non-hydrogen) atoms. The van der Waals surface area contributed by atoms with Crippen molar-refractivity contribution in [3.63, 3.8) is 0 Å². The fraction of sp³-hybridized carbons (Fsp3) is 0.0500. The molecule has 0 unspecified atom stereocenters. The van der Waals surface area contributed by atoms with E-state index in [9.17, 15) is 25.0 Å². The van der Waals surface area contributed by atoms with Gasteiger partial charge in [-0.1, -0.05) is 36.4 Å². The number of esters is 1. The molecule has 3 aromatic rings. The number of carbonyl (C=O) groups excluding carboxylic acids is 1. The monoisotopic (exact) mass is 394 g/mol. The van der Waals surface area contributed by atoms with Gasteiger partial charge in [0.15, 0.2) is 0 Å². The van der Waals surface area contributed by atoms with Gasteiger partial charge in [0, 0.05) is 6.07 Å². The number of ether oxygens (including phenoxy) is 2. The molecule has 146 valence electrons. The van der Waals surface area contributed by atoms with Gasteiger partial charge in [-0.15, -0.1) is 0 Å². The van der Waals surface area contributed by atoms with Crippen LogP contribution < -0.4 is 4.74 Å². The molecule has 0 heterocycles. The number of nitro benzene ring substituents is 2. The van der Waals surface area contributed by atoms with Gasteiger partial charge in [-0.2, -0.15) is 0 Å². The second-order valence-electron chi connectivity index (χ2n) is 5.86. The first-order valence-corrected chi connectivity index (χ1v) is 8.36. The lowest BCUT2D eigenvalue weighted by atomic mass is 10.2. The first-order chi connectivity index (χ1) is 13.9. The molecule has 3 rings (SSSR count). The molecular weight excluding hydrogens is 380 g/mol. The fourth-order valence-corrected chi connectivity index (χ4v) is 2.47. The highest BCUT2D eigenvalue weighted by Gasteiger charge is 2.21. The number of rotatable bonds is 7. The van der Waals surface area contributed by atoms with E-state index in [0.29, 0.717) is 0 Å². The van der Waals surface area contributed by atoms with E-state index in [1.165, 1.54) is 24.3 Å². The summed E-state index contributed by atoms with van der Waals surface area (Å²) in [6, 6.07) is 18.1. The van der Waals surface area contributed by atoms with Crippen molar-refractivity contribution in [2.45, 2.75) is 6.61 Å². The Morgan fingerprint density at radius 2 is 1.62 bits per heavy atom. The molecule has 0 bridgehead atoms. The summed E-state index contributed by atoms with van der Waals surface area (Å²) in [4.78, 5) is 32.8. The second kappa shape index (κ2) is 8.61. The topological polar surface area (TPSA) is 122 Å². The van der Waals surface area contributed by atoms with Crippen LogP contribution >= 0.6 is 0 Å². The zero-order valence-electron chi connectivity index (χ0n) is 14.9. The van der Waals surface area contributed by atoms with Crippen LogP contribution in [0, 0.1) is 20.2 Å². The minimum Gasteiger partial charge on any atom is -0.457 e. The van der Waals surface area contributed by atoms with Crippen molar-refractivity contribution in [2.24, 2.45) is 0 Å². The summed E-state index contributed by atoms with van der Waals surface area (Å²) in [6.45, 7) is 0.0958. The Kier molecular flexibility index (Phi) is 5.79. The van der Waals surface area contributed by atoms with Crippen LogP contribution in [0.25, 0.3) is 0 Å². The third kappa shape index (κ3) is 4.92. The number of benzene rings is 3. The molecule has 0 saturated heterocycles. The van der Waals surface area contributed by atoms with E-state index in [1.807, 2.05) is 30.3 Å². The number of nitrogens with zero attached hydrogens (tertiary/aromatic N) is 2. The quantitative estimate of drug-likeness (QED) is 0.325. The molecule has 0 radical (unpaired) electrons. The molecular formula is C20H14N2O7. The van der Waals surface area contributed by atoms with Gasteiger partial charge < -0.3 is 9.47 Å². The van der Waals surface area contributed by atoms with Crippen molar-refractivity contribution >= 4 is 17.3 Å². The first kappa shape index (κ1) is 19.5. The Morgan fingerprint density at radius 1 is 0.862 bits per heavy atom. The molecule has 0 fully saturated rings. The van der Waals surface area contributed by atoms with Gasteiger partial charge in [0.05, 0.1) is 21.5 Å². The molecule has 9 nitrogen and oxygen atoms in total. The van der Waals surface area contributed by atoms with Crippen LogP contribution in [0.4, 0.5) is 11.4 Å². The van der Waals surface area contributed by atoms with Crippen LogP contribution in [0.5, 0.6) is 11.5 Å². The molecule has 0 atom stereocenters. The minimum atomic E-state index is -0.777. The highest BCUT2D eigenvalue weighted by atomic mass is 16.6. The average Bonchev–Trinajstić information content (AvgIpc) is 2.73. The average molecular weight is 394 g/mol. The maximum Gasteiger partial charge on any atom is 0.338 e. The first-order valence-electron chi connectivity index (χ1n) is 8.36. The molecule has 0 aliphatic carbocycles. The predicted molar refractivity (Wildman–Crippen MR) is 102 cm³/mol. The van der Waals surface area contributed by atoms with E-state index in [2.05, 4.69) is 0 Å². The summed E-state index contributed by atoms with van der Waals surface area (Å²) < 4.78 is 10.7. The van der Waals surface area contributed by atoms with Gasteiger partial charge >= 0.3 is 11.7 Å². The fourth-order valence-electron chi connectivity index (χ4n) is 2.47. The summed E-state index contributed by atoms with van der Waals surface area (Å²) in [5.74, 6) is -0.621. The van der Waals surface area contributed by atoms with Gasteiger partial charge in [0.25, 0.3) is 5.69 Å². The molecule has 0 N–H and O–H groups in total. The zero-order chi connectivity index (χ0) is 20.8. The third-order valence-electron chi connectivity index (χ3n) is 3.86. The Morgan fingerprint density at radius 3 is 2.31 bits per heavy atom. The second-order valence-corrected chi connectivity index (χ2v) is 5.86. The van der Waals surface area contributed by atoms with Crippen LogP contribution in [0.3, 0.4) is 0 Å². The van der Waals surface area contributed by atoms with E-state index in [4.69, 9.17) is 9.47 Å². The van der Waals surface area contributed by atoms with Gasteiger partial charge in [0.1, 0.15) is 12.4 Å². The lowest BCUT2D eigenvalue weighted by molar-refractivity contribution is -0.394. The normalized spacial score (nSPS) is 10.2. The van der Waals surface area contributed by atoms with Gasteiger partial charge in [-0.05, 0) is 29.8 Å². The van der Waals surface area contributed by atoms with Gasteiger partial charge in [-0.3, -0.25) is 20.2 Å². The van der Waals surface area contributed by atoms with Crippen molar-refractivity contribution in [2.75, 3.05) is 0 Å². The van der Waals surface area contributed by atoms with E-state index in [-0.39, 0.29) is 23.7 Å². The van der Waals surface area contributed by atoms with Crippen molar-refractivity contribution < 1.29 is 24.1 Å². The molecule has 0 amide bonds. The molecule has 0 spiro atoms. The Balaban J connectivity index is 1.77. The summed E-state index contributed by atoms with van der Waals surface area (Å²) in [7, 11) is 0. The van der Waals surface area contributed by atoms with E-state index < -0.39 is 27.2 Å². The number of nitro groups is 2. The smallest absolute Gasteiger partial charge is 0.338 e. The molecule has 0 aliphatic heterocycles. The summed E-state index contributed by atoms with van der Waals surface area (Å²) in [5, 5.41) is 22.0. The Labute approximate surface area is 164 Å². The maximum absolute atomic E-state index is 12.3. The number of hydrogen-bond donors (Lipinski definition) is 0. The molecule has 0 aliphatic rings. The van der Waals surface area contributed by atoms with Gasteiger partial charge in [0.2, 0.25) is 5.75 Å². The number of non-ortho nitro benzene ring substituents is 1. The van der Waals surface area contributed by atoms with Crippen LogP contribution in [-0.4, -0.2) is 15.8 Å². The summed E-state index contributed by atoms with van der Waals surface area (Å²) in [6.07, 6.45) is 0. The lowest BCUT2D eigenvalue weighted by Crippen LogP contribution is -2.05. The highest BCUT2D eigenvalue weighted by molar-refractivity contribution is 5.89. The van der Waals surface area contributed by atoms with Crippen molar-refractivity contribution in [1.82, 2.24) is 0 Å². The van der Waals surface area contributed by atoms with E-state index in [1.54, 1.807) is 0 Å². The van der Waals surface area contributed by atoms with Crippen LogP contribution in [0.15, 0.2) is 72.8 Å². The predicted octanol–water partition coefficient (Wildman–Crippen LogP) is 4.65. The third-order valence-corrected chi connectivity index (χ3v) is 3.86. The van der Waals surface area contributed by atoms with Crippen LogP contribution in [-0.2, 0) is 11.3 Å². The van der Waals surface area contributed by atoms with Crippen LogP contribution in [0.1, 0.15) is 15.9 Å². The summed E-state index contributed by atoms with van der Waals surface area (Å²) >= 11 is 0. The number of hydrogen-bond acceptors (Lipinski definition) is 7.